The summed E-state index contributed by atoms with van der Waals surface area (Å²) >= 11 is 0. The second kappa shape index (κ2) is 10.8. The van der Waals surface area contributed by atoms with Gasteiger partial charge in [-0.2, -0.15) is 0 Å². The van der Waals surface area contributed by atoms with Crippen molar-refractivity contribution in [1.82, 2.24) is 10.2 Å². The van der Waals surface area contributed by atoms with Crippen LogP contribution >= 0.6 is 0 Å². The quantitative estimate of drug-likeness (QED) is 0.190. The van der Waals surface area contributed by atoms with Crippen molar-refractivity contribution in [3.05, 3.63) is 11.6 Å². The first-order valence-corrected chi connectivity index (χ1v) is 14.6. The summed E-state index contributed by atoms with van der Waals surface area (Å²) in [5.41, 5.74) is 3.01. The highest BCUT2D eigenvalue weighted by Gasteiger charge is 2.59. The van der Waals surface area contributed by atoms with Crippen LogP contribution in [0.2, 0.25) is 0 Å². The fraction of sp³-hybridized carbons (Fsp3) is 0.867. The maximum Gasteiger partial charge on any atom is 0.436 e. The maximum atomic E-state index is 12.9. The molecule has 3 fully saturated rings. The van der Waals surface area contributed by atoms with Crippen molar-refractivity contribution in [2.24, 2.45) is 39.7 Å². The third kappa shape index (κ3) is 5.14. The lowest BCUT2D eigenvalue weighted by molar-refractivity contribution is -0.0479. The average molecular weight is 502 g/mol. The molecule has 0 unspecified atom stereocenters. The molecule has 0 saturated heterocycles. The zero-order valence-corrected chi connectivity index (χ0v) is 23.8. The van der Waals surface area contributed by atoms with Gasteiger partial charge in [0.05, 0.1) is 11.8 Å². The summed E-state index contributed by atoms with van der Waals surface area (Å²) in [6.07, 6.45) is 10.9. The largest absolute Gasteiger partial charge is 0.436 e. The van der Waals surface area contributed by atoms with E-state index in [0.29, 0.717) is 24.4 Å². The molecule has 4 aliphatic carbocycles. The number of hydrogen-bond donors (Lipinski definition) is 2. The van der Waals surface area contributed by atoms with Gasteiger partial charge in [0.25, 0.3) is 0 Å². The van der Waals surface area contributed by atoms with Crippen molar-refractivity contribution >= 4 is 11.8 Å². The van der Waals surface area contributed by atoms with Crippen LogP contribution in [0.3, 0.4) is 0 Å². The number of nitrogens with one attached hydrogen (secondary N) is 1. The average Bonchev–Trinajstić information content (AvgIpc) is 3.17. The molecule has 3 saturated carbocycles. The first-order chi connectivity index (χ1) is 17.0. The van der Waals surface area contributed by atoms with Crippen LogP contribution in [0.4, 0.5) is 4.79 Å². The van der Waals surface area contributed by atoms with Gasteiger partial charge in [-0.05, 0) is 101 Å². The number of fused-ring (bicyclic) bond motifs is 5. The van der Waals surface area contributed by atoms with Crippen LogP contribution in [0.25, 0.3) is 0 Å². The third-order valence-corrected chi connectivity index (χ3v) is 10.6. The summed E-state index contributed by atoms with van der Waals surface area (Å²) in [4.78, 5) is 20.2. The van der Waals surface area contributed by atoms with Crippen molar-refractivity contribution < 1.29 is 14.7 Å². The summed E-state index contributed by atoms with van der Waals surface area (Å²) < 4.78 is 0. The molecule has 7 atom stereocenters. The Bertz CT molecular complexity index is 868. The minimum Gasteiger partial charge on any atom is -0.389 e. The molecule has 6 nitrogen and oxygen atoms in total. The number of allylic oxidation sites excluding steroid dienone is 1. The van der Waals surface area contributed by atoms with Crippen LogP contribution in [-0.4, -0.2) is 53.1 Å². The molecule has 2 N–H and O–H groups in total. The molecule has 0 aromatic heterocycles. The molecule has 0 aromatic carbocycles. The predicted octanol–water partition coefficient (Wildman–Crippen LogP) is 6.15. The van der Waals surface area contributed by atoms with E-state index in [1.807, 2.05) is 13.8 Å². The van der Waals surface area contributed by atoms with Gasteiger partial charge in [0.15, 0.2) is 0 Å². The van der Waals surface area contributed by atoms with Crippen LogP contribution in [0.1, 0.15) is 99.8 Å². The fourth-order valence-corrected chi connectivity index (χ4v) is 8.66. The molecule has 0 radical (unpaired) electrons. The van der Waals surface area contributed by atoms with Crippen molar-refractivity contribution in [2.75, 3.05) is 13.1 Å². The minimum atomic E-state index is -0.350. The lowest BCUT2D eigenvalue weighted by Gasteiger charge is -2.58. The summed E-state index contributed by atoms with van der Waals surface area (Å²) in [5, 5.41) is 18.1. The number of nitrogens with zero attached hydrogens (tertiary/aromatic N) is 2. The van der Waals surface area contributed by atoms with Crippen molar-refractivity contribution in [3.63, 3.8) is 0 Å². The number of amides is 1. The molecule has 0 spiro atoms. The molecule has 4 aliphatic rings. The Morgan fingerprint density at radius 3 is 2.58 bits per heavy atom. The summed E-state index contributed by atoms with van der Waals surface area (Å²) in [6, 6.07) is 0.457. The molecule has 0 bridgehead atoms. The van der Waals surface area contributed by atoms with Gasteiger partial charge in [-0.15, -0.1) is 0 Å². The van der Waals surface area contributed by atoms with E-state index in [0.717, 1.165) is 49.8 Å². The first kappa shape index (κ1) is 27.6. The Kier molecular flexibility index (Phi) is 8.26. The van der Waals surface area contributed by atoms with Crippen LogP contribution in [0.5, 0.6) is 0 Å². The Labute approximate surface area is 219 Å². The Morgan fingerprint density at radius 1 is 1.14 bits per heavy atom. The molecule has 0 heterocycles. The van der Waals surface area contributed by atoms with Gasteiger partial charge < -0.3 is 15.3 Å². The minimum absolute atomic E-state index is 0.0677. The molecule has 204 valence electrons. The number of hydrogen-bond acceptors (Lipinski definition) is 5. The van der Waals surface area contributed by atoms with Gasteiger partial charge in [-0.25, -0.2) is 4.79 Å². The SMILES string of the molecule is C/C(=N\OC(=O)N(CCNC(C)C)C(C)C)[C@H]1CC[C@H]2[C@@H]3CCC4=C[C@H](O)CC[C@]4(C)[C@H]3CC[C@]12C. The first-order valence-electron chi connectivity index (χ1n) is 14.6. The van der Waals surface area contributed by atoms with Gasteiger partial charge in [0, 0.05) is 31.1 Å². The van der Waals surface area contributed by atoms with Gasteiger partial charge >= 0.3 is 6.09 Å². The van der Waals surface area contributed by atoms with Gasteiger partial charge in [0.2, 0.25) is 0 Å². The zero-order valence-electron chi connectivity index (χ0n) is 23.8. The predicted molar refractivity (Wildman–Crippen MR) is 146 cm³/mol. The van der Waals surface area contributed by atoms with Gasteiger partial charge in [-0.1, -0.05) is 44.5 Å². The molecular weight excluding hydrogens is 450 g/mol. The van der Waals surface area contributed by atoms with Gasteiger partial charge in [0.1, 0.15) is 0 Å². The van der Waals surface area contributed by atoms with E-state index in [-0.39, 0.29) is 29.1 Å². The van der Waals surface area contributed by atoms with Crippen LogP contribution < -0.4 is 5.32 Å². The Hall–Kier alpha value is -1.40. The van der Waals surface area contributed by atoms with E-state index in [1.54, 1.807) is 4.90 Å². The molecule has 0 aliphatic heterocycles. The lowest BCUT2D eigenvalue weighted by Crippen LogP contribution is -2.51. The van der Waals surface area contributed by atoms with Crippen LogP contribution in [0.15, 0.2) is 16.8 Å². The molecule has 36 heavy (non-hydrogen) atoms. The van der Waals surface area contributed by atoms with E-state index in [1.165, 1.54) is 31.3 Å². The number of oxime groups is 1. The smallest absolute Gasteiger partial charge is 0.389 e. The third-order valence-electron chi connectivity index (χ3n) is 10.6. The van der Waals surface area contributed by atoms with E-state index >= 15 is 0 Å². The zero-order chi connectivity index (χ0) is 26.3. The second-order valence-electron chi connectivity index (χ2n) is 13.3. The number of rotatable bonds is 7. The highest BCUT2D eigenvalue weighted by molar-refractivity contribution is 5.85. The number of aliphatic hydroxyl groups is 1. The molecule has 0 aromatic rings. The van der Waals surface area contributed by atoms with E-state index in [9.17, 15) is 9.90 Å². The van der Waals surface area contributed by atoms with Crippen LogP contribution in [0, 0.1) is 34.5 Å². The summed E-state index contributed by atoms with van der Waals surface area (Å²) in [7, 11) is 0. The summed E-state index contributed by atoms with van der Waals surface area (Å²) in [6.45, 7) is 16.7. The number of carbonyl (C=O) groups is 1. The van der Waals surface area contributed by atoms with Crippen molar-refractivity contribution in [3.8, 4) is 0 Å². The van der Waals surface area contributed by atoms with Crippen molar-refractivity contribution in [2.45, 2.75) is 118 Å². The van der Waals surface area contributed by atoms with E-state index < -0.39 is 0 Å². The Balaban J connectivity index is 1.43. The maximum absolute atomic E-state index is 12.9. The Morgan fingerprint density at radius 2 is 1.89 bits per heavy atom. The number of aliphatic hydroxyl groups excluding tert-OH is 1. The molecular formula is C30H51N3O3. The van der Waals surface area contributed by atoms with Gasteiger partial charge in [-0.3, -0.25) is 4.84 Å². The summed E-state index contributed by atoms with van der Waals surface area (Å²) in [5.74, 6) is 2.58. The molecule has 1 amide bonds. The number of carbonyl (C=O) groups excluding carboxylic acids is 1. The normalized spacial score (nSPS) is 38.3. The second-order valence-corrected chi connectivity index (χ2v) is 13.3. The highest BCUT2D eigenvalue weighted by atomic mass is 16.7. The van der Waals surface area contributed by atoms with E-state index in [4.69, 9.17) is 4.84 Å². The van der Waals surface area contributed by atoms with E-state index in [2.05, 4.69) is 51.2 Å². The monoisotopic (exact) mass is 501 g/mol. The highest BCUT2D eigenvalue weighted by Crippen LogP contribution is 2.66. The fourth-order valence-electron chi connectivity index (χ4n) is 8.66. The molecule has 4 rings (SSSR count). The topological polar surface area (TPSA) is 74.2 Å². The molecule has 6 heteroatoms. The standard InChI is InChI=1S/C30H51N3O3/c1-19(2)31-16-17-33(20(3)4)28(35)36-32-21(5)25-10-11-26-24-9-8-22-18-23(34)12-14-29(22,6)27(24)13-15-30(25,26)7/h18-20,23-27,31,34H,8-17H2,1-7H3/b32-21+/t23-,24+,25-,26+,27+,29+,30-/m1/s1. The van der Waals surface area contributed by atoms with Crippen LogP contribution in [-0.2, 0) is 4.84 Å². The lowest BCUT2D eigenvalue weighted by atomic mass is 9.46. The van der Waals surface area contributed by atoms with Crippen molar-refractivity contribution in [1.29, 1.82) is 0 Å².